The topological polar surface area (TPSA) is 70.6 Å². The van der Waals surface area contributed by atoms with Crippen molar-refractivity contribution in [2.75, 3.05) is 17.2 Å². The van der Waals surface area contributed by atoms with Crippen LogP contribution < -0.4 is 15.4 Å². The number of carboxylic acid groups (broad SMARTS) is 1. The average molecular weight is 581 g/mol. The number of aromatic carboxylic acids is 1. The van der Waals surface area contributed by atoms with E-state index in [0.717, 1.165) is 56.4 Å². The molecule has 2 aliphatic rings. The van der Waals surface area contributed by atoms with Crippen LogP contribution in [0, 0.1) is 23.5 Å². The molecule has 11 heteroatoms. The van der Waals surface area contributed by atoms with Gasteiger partial charge in [0.1, 0.15) is 11.4 Å². The van der Waals surface area contributed by atoms with Crippen molar-refractivity contribution in [3.8, 4) is 5.75 Å². The van der Waals surface area contributed by atoms with Crippen molar-refractivity contribution in [2.45, 2.75) is 43.9 Å². The molecule has 3 aromatic rings. The van der Waals surface area contributed by atoms with Gasteiger partial charge in [-0.15, -0.1) is 0 Å². The first-order valence-electron chi connectivity index (χ1n) is 12.9. The number of alkyl halides is 3. The van der Waals surface area contributed by atoms with Gasteiger partial charge in [0.2, 0.25) is 0 Å². The Morgan fingerprint density at radius 1 is 0.975 bits per heavy atom. The monoisotopic (exact) mass is 580 g/mol. The first-order valence-corrected chi connectivity index (χ1v) is 13.2. The van der Waals surface area contributed by atoms with Crippen molar-refractivity contribution >= 4 is 28.9 Å². The van der Waals surface area contributed by atoms with Gasteiger partial charge >= 0.3 is 12.1 Å². The summed E-state index contributed by atoms with van der Waals surface area (Å²) in [6.07, 6.45) is -0.468. The fraction of sp³-hybridized carbons (Fsp3) is 0.345. The number of anilines is 2. The van der Waals surface area contributed by atoms with Gasteiger partial charge in [-0.25, -0.2) is 13.6 Å². The van der Waals surface area contributed by atoms with Crippen LogP contribution in [0.1, 0.15) is 53.6 Å². The lowest BCUT2D eigenvalue weighted by Gasteiger charge is -2.44. The predicted molar refractivity (Wildman–Crippen MR) is 141 cm³/mol. The van der Waals surface area contributed by atoms with Crippen LogP contribution in [0.4, 0.5) is 33.3 Å². The molecule has 0 amide bonds. The van der Waals surface area contributed by atoms with E-state index >= 15 is 0 Å². The molecule has 0 radical (unpaired) electrons. The molecule has 1 atom stereocenters. The van der Waals surface area contributed by atoms with Crippen molar-refractivity contribution in [2.24, 2.45) is 11.8 Å². The first-order chi connectivity index (χ1) is 19.0. The number of benzene rings is 3. The lowest BCUT2D eigenvalue weighted by atomic mass is 9.72. The van der Waals surface area contributed by atoms with Crippen LogP contribution in [0.2, 0.25) is 5.02 Å². The Morgan fingerprint density at radius 2 is 1.57 bits per heavy atom. The molecule has 212 valence electrons. The zero-order chi connectivity index (χ0) is 28.7. The van der Waals surface area contributed by atoms with E-state index in [9.17, 15) is 31.9 Å². The van der Waals surface area contributed by atoms with Crippen molar-refractivity contribution < 1.29 is 36.6 Å². The minimum atomic E-state index is -4.86. The van der Waals surface area contributed by atoms with Crippen LogP contribution in [-0.2, 0) is 11.8 Å². The van der Waals surface area contributed by atoms with E-state index in [1.165, 1.54) is 0 Å². The molecule has 0 saturated heterocycles. The summed E-state index contributed by atoms with van der Waals surface area (Å²) in [6, 6.07) is 11.5. The third-order valence-electron chi connectivity index (χ3n) is 7.75. The molecule has 1 heterocycles. The molecule has 5 rings (SSSR count). The summed E-state index contributed by atoms with van der Waals surface area (Å²) < 4.78 is 76.1. The summed E-state index contributed by atoms with van der Waals surface area (Å²) in [7, 11) is 0. The number of hydrogen-bond donors (Lipinski definition) is 3. The third-order valence-corrected chi connectivity index (χ3v) is 8.00. The lowest BCUT2D eigenvalue weighted by Crippen LogP contribution is -2.51. The highest BCUT2D eigenvalue weighted by Gasteiger charge is 2.49. The minimum absolute atomic E-state index is 0.0268. The van der Waals surface area contributed by atoms with Crippen molar-refractivity contribution in [1.29, 1.82) is 0 Å². The van der Waals surface area contributed by atoms with Crippen molar-refractivity contribution in [3.63, 3.8) is 0 Å². The first kappa shape index (κ1) is 28.0. The summed E-state index contributed by atoms with van der Waals surface area (Å²) in [5.41, 5.74) is -1.65. The number of carbonyl (C=O) groups is 1. The van der Waals surface area contributed by atoms with Crippen LogP contribution >= 0.6 is 11.6 Å². The zero-order valence-corrected chi connectivity index (χ0v) is 21.9. The highest BCUT2D eigenvalue weighted by atomic mass is 35.5. The predicted octanol–water partition coefficient (Wildman–Crippen LogP) is 8.30. The number of halogens is 6. The molecule has 0 bridgehead atoms. The van der Waals surface area contributed by atoms with E-state index in [-0.39, 0.29) is 12.5 Å². The summed E-state index contributed by atoms with van der Waals surface area (Å²) in [4.78, 5) is 11.3. The Labute approximate surface area is 232 Å². The number of fused-ring (bicyclic) bond motifs is 1. The number of ether oxygens (including phenoxy) is 1. The Kier molecular flexibility index (Phi) is 7.56. The SMILES string of the molecule is O=C(O)c1ccc(OCC(C2CCCCC2)C2(c3ccc(Cl)cc3)Nc3cc(F)c(F)cc3N2)c(C(F)(F)F)c1. The van der Waals surface area contributed by atoms with Gasteiger partial charge in [0, 0.05) is 23.1 Å². The van der Waals surface area contributed by atoms with Crippen molar-refractivity contribution in [1.82, 2.24) is 0 Å². The molecule has 0 aromatic heterocycles. The number of carboxylic acids is 1. The van der Waals surface area contributed by atoms with Crippen molar-refractivity contribution in [3.05, 3.63) is 87.9 Å². The molecule has 3 N–H and O–H groups in total. The molecule has 1 fully saturated rings. The van der Waals surface area contributed by atoms with Gasteiger partial charge in [-0.2, -0.15) is 13.2 Å². The largest absolute Gasteiger partial charge is 0.492 e. The molecule has 0 spiro atoms. The summed E-state index contributed by atoms with van der Waals surface area (Å²) in [5, 5.41) is 16.3. The maximum absolute atomic E-state index is 14.2. The van der Waals surface area contributed by atoms with E-state index in [4.69, 9.17) is 16.3 Å². The Morgan fingerprint density at radius 3 is 2.12 bits per heavy atom. The summed E-state index contributed by atoms with van der Waals surface area (Å²) in [6.45, 7) is -0.207. The average Bonchev–Trinajstić information content (AvgIpc) is 3.28. The number of rotatable bonds is 7. The van der Waals surface area contributed by atoms with Crippen LogP contribution in [0.25, 0.3) is 0 Å². The van der Waals surface area contributed by atoms with Crippen LogP contribution in [0.3, 0.4) is 0 Å². The molecular weight excluding hydrogens is 555 g/mol. The number of nitrogens with one attached hydrogen (secondary N) is 2. The van der Waals surface area contributed by atoms with Gasteiger partial charge in [-0.3, -0.25) is 0 Å². The maximum Gasteiger partial charge on any atom is 0.419 e. The van der Waals surface area contributed by atoms with Gasteiger partial charge in [-0.1, -0.05) is 43.0 Å². The second-order valence-corrected chi connectivity index (χ2v) is 10.6. The second-order valence-electron chi connectivity index (χ2n) is 10.2. The van der Waals surface area contributed by atoms with Gasteiger partial charge < -0.3 is 20.5 Å². The molecular formula is C29H26ClF5N2O3. The quantitative estimate of drug-likeness (QED) is 0.245. The van der Waals surface area contributed by atoms with Gasteiger partial charge in [0.15, 0.2) is 11.6 Å². The Balaban J connectivity index is 1.58. The molecule has 1 saturated carbocycles. The zero-order valence-electron chi connectivity index (χ0n) is 21.1. The summed E-state index contributed by atoms with van der Waals surface area (Å²) >= 11 is 6.15. The maximum atomic E-state index is 14.2. The van der Waals surface area contributed by atoms with Gasteiger partial charge in [0.05, 0.1) is 29.1 Å². The van der Waals surface area contributed by atoms with E-state index in [1.807, 2.05) is 0 Å². The molecule has 40 heavy (non-hydrogen) atoms. The smallest absolute Gasteiger partial charge is 0.419 e. The lowest BCUT2D eigenvalue weighted by molar-refractivity contribution is -0.139. The minimum Gasteiger partial charge on any atom is -0.492 e. The highest BCUT2D eigenvalue weighted by molar-refractivity contribution is 6.30. The summed E-state index contributed by atoms with van der Waals surface area (Å²) in [5.74, 6) is -4.63. The molecule has 1 unspecified atom stereocenters. The van der Waals surface area contributed by atoms with Gasteiger partial charge in [0.25, 0.3) is 0 Å². The van der Waals surface area contributed by atoms with Gasteiger partial charge in [-0.05, 0) is 54.7 Å². The Hall–Kier alpha value is -3.53. The third kappa shape index (κ3) is 5.41. The van der Waals surface area contributed by atoms with E-state index in [2.05, 4.69) is 10.6 Å². The molecule has 5 nitrogen and oxygen atoms in total. The second kappa shape index (κ2) is 10.8. The van der Waals surface area contributed by atoms with E-state index in [1.54, 1.807) is 24.3 Å². The molecule has 3 aromatic carbocycles. The normalized spacial score (nSPS) is 17.4. The van der Waals surface area contributed by atoms with E-state index in [0.29, 0.717) is 28.0 Å². The van der Waals surface area contributed by atoms with E-state index < -0.39 is 52.2 Å². The molecule has 1 aliphatic heterocycles. The number of hydrogen-bond acceptors (Lipinski definition) is 4. The highest BCUT2D eigenvalue weighted by Crippen LogP contribution is 2.50. The fourth-order valence-corrected chi connectivity index (χ4v) is 5.93. The fourth-order valence-electron chi connectivity index (χ4n) is 5.81. The van der Waals surface area contributed by atoms with Crippen LogP contribution in [0.15, 0.2) is 54.6 Å². The van der Waals surface area contributed by atoms with Crippen LogP contribution in [0.5, 0.6) is 5.75 Å². The Bertz CT molecular complexity index is 1380. The molecule has 1 aliphatic carbocycles. The van der Waals surface area contributed by atoms with Crippen LogP contribution in [-0.4, -0.2) is 17.7 Å². The standard InChI is InChI=1S/C29H26ClF5N2O3/c30-19-9-7-18(8-10-19)28(36-24-13-22(31)23(32)14-25(24)37-28)21(16-4-2-1-3-5-16)15-40-26-11-6-17(27(38)39)12-20(26)29(33,34)35/h6-14,16,21,36-37H,1-5,15H2,(H,38,39).